The first-order valence-electron chi connectivity index (χ1n) is 10.3. The molecule has 2 aromatic rings. The fraction of sp³-hybridized carbons (Fsp3) is 0.364. The Balaban J connectivity index is 1.37. The Morgan fingerprint density at radius 2 is 1.78 bits per heavy atom. The Bertz CT molecular complexity index is 1100. The van der Waals surface area contributed by atoms with Crippen molar-refractivity contribution in [1.82, 2.24) is 9.21 Å². The average Bonchev–Trinajstić information content (AvgIpc) is 3.17. The van der Waals surface area contributed by atoms with Crippen molar-refractivity contribution < 1.29 is 22.7 Å². The molecular weight excluding hydrogens is 454 g/mol. The molecule has 2 fully saturated rings. The topological polar surface area (TPSA) is 96.0 Å². The Kier molecular flexibility index (Phi) is 6.80. The minimum atomic E-state index is -3.59. The van der Waals surface area contributed by atoms with Gasteiger partial charge in [0, 0.05) is 43.3 Å². The second kappa shape index (κ2) is 9.58. The van der Waals surface area contributed by atoms with Crippen LogP contribution in [0.2, 0.25) is 5.02 Å². The molecule has 0 aromatic heterocycles. The molecule has 1 atom stereocenters. The van der Waals surface area contributed by atoms with Crippen LogP contribution < -0.4 is 5.32 Å². The highest BCUT2D eigenvalue weighted by Crippen LogP contribution is 2.25. The lowest BCUT2D eigenvalue weighted by Gasteiger charge is -2.26. The van der Waals surface area contributed by atoms with E-state index in [2.05, 4.69) is 5.32 Å². The third-order valence-corrected chi connectivity index (χ3v) is 7.92. The van der Waals surface area contributed by atoms with Crippen molar-refractivity contribution in [2.75, 3.05) is 38.2 Å². The zero-order valence-corrected chi connectivity index (χ0v) is 18.9. The number of ether oxygens (including phenoxy) is 1. The van der Waals surface area contributed by atoms with E-state index in [4.69, 9.17) is 16.3 Å². The zero-order valence-electron chi connectivity index (χ0n) is 17.4. The lowest BCUT2D eigenvalue weighted by molar-refractivity contribution is -0.128. The summed E-state index contributed by atoms with van der Waals surface area (Å²) in [6.45, 7) is 2.06. The molecule has 2 heterocycles. The summed E-state index contributed by atoms with van der Waals surface area (Å²) in [4.78, 5) is 26.9. The van der Waals surface area contributed by atoms with E-state index in [0.717, 1.165) is 5.56 Å². The predicted molar refractivity (Wildman–Crippen MR) is 120 cm³/mol. The predicted octanol–water partition coefficient (Wildman–Crippen LogP) is 2.35. The van der Waals surface area contributed by atoms with E-state index in [0.29, 0.717) is 50.1 Å². The maximum absolute atomic E-state index is 12.7. The molecule has 4 rings (SSSR count). The molecule has 2 amide bonds. The maximum atomic E-state index is 12.7. The standard InChI is InChI=1S/C22H24ClN3O5S/c23-20-4-2-1-3-16(20)14-25-15-17(13-21(25)27)22(28)24-18-5-7-19(8-6-18)32(29,30)26-9-11-31-12-10-26/h1-8,17H,9-15H2,(H,24,28). The van der Waals surface area contributed by atoms with Crippen LogP contribution in [0, 0.1) is 5.92 Å². The molecule has 0 radical (unpaired) electrons. The number of carbonyl (C=O) groups excluding carboxylic acids is 2. The van der Waals surface area contributed by atoms with Gasteiger partial charge in [0.25, 0.3) is 0 Å². The van der Waals surface area contributed by atoms with Gasteiger partial charge in [-0.3, -0.25) is 9.59 Å². The lowest BCUT2D eigenvalue weighted by Crippen LogP contribution is -2.40. The number of halogens is 1. The quantitative estimate of drug-likeness (QED) is 0.689. The Labute approximate surface area is 192 Å². The van der Waals surface area contributed by atoms with Crippen LogP contribution in [0.25, 0.3) is 0 Å². The Morgan fingerprint density at radius 1 is 1.09 bits per heavy atom. The third-order valence-electron chi connectivity index (χ3n) is 5.63. The van der Waals surface area contributed by atoms with Crippen molar-refractivity contribution in [2.45, 2.75) is 17.9 Å². The summed E-state index contributed by atoms with van der Waals surface area (Å²) in [7, 11) is -3.59. The smallest absolute Gasteiger partial charge is 0.243 e. The van der Waals surface area contributed by atoms with Gasteiger partial charge in [-0.1, -0.05) is 29.8 Å². The van der Waals surface area contributed by atoms with Gasteiger partial charge in [-0.05, 0) is 35.9 Å². The number of nitrogens with zero attached hydrogens (tertiary/aromatic N) is 2. The van der Waals surface area contributed by atoms with Crippen LogP contribution in [0.5, 0.6) is 0 Å². The third kappa shape index (κ3) is 4.96. The van der Waals surface area contributed by atoms with Crippen molar-refractivity contribution in [3.05, 3.63) is 59.1 Å². The van der Waals surface area contributed by atoms with Gasteiger partial charge in [0.1, 0.15) is 0 Å². The second-order valence-electron chi connectivity index (χ2n) is 7.80. The Morgan fingerprint density at radius 3 is 2.47 bits per heavy atom. The highest BCUT2D eigenvalue weighted by atomic mass is 35.5. The number of morpholine rings is 1. The largest absolute Gasteiger partial charge is 0.379 e. The Hall–Kier alpha value is -2.46. The minimum absolute atomic E-state index is 0.1000. The molecule has 0 saturated carbocycles. The zero-order chi connectivity index (χ0) is 22.7. The maximum Gasteiger partial charge on any atom is 0.243 e. The normalized spacial score (nSPS) is 19.8. The first-order valence-corrected chi connectivity index (χ1v) is 12.2. The lowest BCUT2D eigenvalue weighted by atomic mass is 10.1. The van der Waals surface area contributed by atoms with Crippen molar-refractivity contribution in [3.8, 4) is 0 Å². The van der Waals surface area contributed by atoms with Crippen LogP contribution in [0.3, 0.4) is 0 Å². The van der Waals surface area contributed by atoms with Crippen molar-refractivity contribution >= 4 is 39.1 Å². The van der Waals surface area contributed by atoms with Crippen LogP contribution in [-0.4, -0.2) is 62.3 Å². The highest BCUT2D eigenvalue weighted by molar-refractivity contribution is 7.89. The first-order chi connectivity index (χ1) is 15.3. The molecule has 0 aliphatic carbocycles. The van der Waals surface area contributed by atoms with Crippen LogP contribution in [0.4, 0.5) is 5.69 Å². The molecule has 0 bridgehead atoms. The van der Waals surface area contributed by atoms with Gasteiger partial charge in [0.15, 0.2) is 0 Å². The highest BCUT2D eigenvalue weighted by Gasteiger charge is 2.34. The summed E-state index contributed by atoms with van der Waals surface area (Å²) in [5.41, 5.74) is 1.31. The van der Waals surface area contributed by atoms with Gasteiger partial charge < -0.3 is 15.0 Å². The average molecular weight is 478 g/mol. The van der Waals surface area contributed by atoms with Crippen LogP contribution in [-0.2, 0) is 30.9 Å². The van der Waals surface area contributed by atoms with E-state index in [1.54, 1.807) is 23.1 Å². The van der Waals surface area contributed by atoms with Crippen LogP contribution in [0.1, 0.15) is 12.0 Å². The SMILES string of the molecule is O=C(Nc1ccc(S(=O)(=O)N2CCOCC2)cc1)C1CC(=O)N(Cc2ccccc2Cl)C1. The van der Waals surface area contributed by atoms with Crippen molar-refractivity contribution in [1.29, 1.82) is 0 Å². The summed E-state index contributed by atoms with van der Waals surface area (Å²) >= 11 is 6.18. The number of anilines is 1. The number of carbonyl (C=O) groups is 2. The summed E-state index contributed by atoms with van der Waals surface area (Å²) in [6.07, 6.45) is 0.125. The molecule has 1 unspecified atom stereocenters. The number of hydrogen-bond donors (Lipinski definition) is 1. The number of benzene rings is 2. The van der Waals surface area contributed by atoms with Gasteiger partial charge in [0.2, 0.25) is 21.8 Å². The van der Waals surface area contributed by atoms with E-state index in [-0.39, 0.29) is 23.1 Å². The van der Waals surface area contributed by atoms with E-state index >= 15 is 0 Å². The van der Waals surface area contributed by atoms with Gasteiger partial charge in [-0.25, -0.2) is 8.42 Å². The molecule has 2 aliphatic heterocycles. The molecule has 0 spiro atoms. The van der Waals surface area contributed by atoms with Crippen molar-refractivity contribution in [3.63, 3.8) is 0 Å². The fourth-order valence-electron chi connectivity index (χ4n) is 3.82. The molecule has 170 valence electrons. The fourth-order valence-corrected chi connectivity index (χ4v) is 5.43. The summed E-state index contributed by atoms with van der Waals surface area (Å²) in [5.74, 6) is -0.859. The number of amides is 2. The van der Waals surface area contributed by atoms with E-state index in [1.165, 1.54) is 16.4 Å². The van der Waals surface area contributed by atoms with Gasteiger partial charge in [0.05, 0.1) is 24.0 Å². The number of likely N-dealkylation sites (tertiary alicyclic amines) is 1. The molecule has 2 aromatic carbocycles. The number of sulfonamides is 1. The molecule has 2 aliphatic rings. The molecule has 32 heavy (non-hydrogen) atoms. The van der Waals surface area contributed by atoms with E-state index in [9.17, 15) is 18.0 Å². The van der Waals surface area contributed by atoms with Crippen LogP contribution in [0.15, 0.2) is 53.4 Å². The molecule has 8 nitrogen and oxygen atoms in total. The van der Waals surface area contributed by atoms with Crippen molar-refractivity contribution in [2.24, 2.45) is 5.92 Å². The second-order valence-corrected chi connectivity index (χ2v) is 10.1. The van der Waals surface area contributed by atoms with Gasteiger partial charge in [-0.15, -0.1) is 0 Å². The number of nitrogens with one attached hydrogen (secondary N) is 1. The molecule has 2 saturated heterocycles. The summed E-state index contributed by atoms with van der Waals surface area (Å²) in [5, 5.41) is 3.37. The van der Waals surface area contributed by atoms with E-state index in [1.807, 2.05) is 18.2 Å². The number of hydrogen-bond acceptors (Lipinski definition) is 5. The van der Waals surface area contributed by atoms with E-state index < -0.39 is 15.9 Å². The molecule has 1 N–H and O–H groups in total. The molecule has 10 heteroatoms. The first kappa shape index (κ1) is 22.7. The monoisotopic (exact) mass is 477 g/mol. The van der Waals surface area contributed by atoms with Gasteiger partial charge >= 0.3 is 0 Å². The van der Waals surface area contributed by atoms with Crippen LogP contribution >= 0.6 is 11.6 Å². The molecular formula is C22H24ClN3O5S. The number of rotatable bonds is 6. The summed E-state index contributed by atoms with van der Waals surface area (Å²) in [6, 6.07) is 13.4. The van der Waals surface area contributed by atoms with Gasteiger partial charge in [-0.2, -0.15) is 4.31 Å². The summed E-state index contributed by atoms with van der Waals surface area (Å²) < 4.78 is 32.0. The minimum Gasteiger partial charge on any atom is -0.379 e.